The lowest BCUT2D eigenvalue weighted by atomic mass is 9.94. The van der Waals surface area contributed by atoms with Crippen LogP contribution in [0.1, 0.15) is 24.8 Å². The lowest BCUT2D eigenvalue weighted by molar-refractivity contribution is -0.384. The third kappa shape index (κ3) is 4.58. The zero-order valence-electron chi connectivity index (χ0n) is 13.4. The zero-order chi connectivity index (χ0) is 16.2. The van der Waals surface area contributed by atoms with E-state index in [-0.39, 0.29) is 23.0 Å². The van der Waals surface area contributed by atoms with Crippen LogP contribution in [-0.2, 0) is 11.3 Å². The van der Waals surface area contributed by atoms with Crippen molar-refractivity contribution in [1.82, 2.24) is 10.6 Å². The van der Waals surface area contributed by atoms with Crippen LogP contribution in [0.25, 0.3) is 0 Å². The number of nitro benzene ring substituents is 1. The van der Waals surface area contributed by atoms with E-state index in [0.717, 1.165) is 31.7 Å². The summed E-state index contributed by atoms with van der Waals surface area (Å²) < 4.78 is 5.58. The molecule has 3 rings (SSSR count). The Bertz CT molecular complexity index is 567. The van der Waals surface area contributed by atoms with Crippen molar-refractivity contribution in [1.29, 1.82) is 0 Å². The van der Waals surface area contributed by atoms with Crippen molar-refractivity contribution in [2.45, 2.75) is 37.9 Å². The third-order valence-electron chi connectivity index (χ3n) is 4.83. The SMILES string of the molecule is Cl.O=[N+]([O-])c1ccc(Cl)c(CNC2CCCC2C2COCCN2)c1. The summed E-state index contributed by atoms with van der Waals surface area (Å²) in [5.41, 5.74) is 0.857. The Kier molecular flexibility index (Phi) is 7.25. The molecule has 1 heterocycles. The first-order valence-electron chi connectivity index (χ1n) is 8.12. The number of nitro groups is 1. The first-order chi connectivity index (χ1) is 11.1. The van der Waals surface area contributed by atoms with E-state index in [2.05, 4.69) is 10.6 Å². The van der Waals surface area contributed by atoms with Gasteiger partial charge in [-0.2, -0.15) is 0 Å². The van der Waals surface area contributed by atoms with Crippen LogP contribution in [0.3, 0.4) is 0 Å². The molecule has 1 saturated carbocycles. The van der Waals surface area contributed by atoms with Gasteiger partial charge in [0, 0.05) is 42.3 Å². The van der Waals surface area contributed by atoms with E-state index in [0.29, 0.717) is 29.6 Å². The molecule has 1 aromatic carbocycles. The first-order valence-corrected chi connectivity index (χ1v) is 8.50. The Balaban J connectivity index is 0.00000208. The molecule has 6 nitrogen and oxygen atoms in total. The minimum absolute atomic E-state index is 0. The van der Waals surface area contributed by atoms with Crippen molar-refractivity contribution < 1.29 is 9.66 Å². The fraction of sp³-hybridized carbons (Fsp3) is 0.625. The van der Waals surface area contributed by atoms with Crippen LogP contribution in [0.2, 0.25) is 5.02 Å². The number of nitrogens with one attached hydrogen (secondary N) is 2. The molecule has 2 N–H and O–H groups in total. The summed E-state index contributed by atoms with van der Waals surface area (Å²) in [5, 5.41) is 18.6. The number of hydrogen-bond donors (Lipinski definition) is 2. The number of morpholine rings is 1. The highest BCUT2D eigenvalue weighted by Crippen LogP contribution is 2.30. The van der Waals surface area contributed by atoms with Crippen LogP contribution in [0.4, 0.5) is 5.69 Å². The minimum Gasteiger partial charge on any atom is -0.379 e. The molecule has 1 saturated heterocycles. The second kappa shape index (κ2) is 8.97. The van der Waals surface area contributed by atoms with Gasteiger partial charge in [-0.3, -0.25) is 10.1 Å². The van der Waals surface area contributed by atoms with Gasteiger partial charge in [-0.15, -0.1) is 12.4 Å². The van der Waals surface area contributed by atoms with Crippen molar-refractivity contribution >= 4 is 29.7 Å². The van der Waals surface area contributed by atoms with E-state index in [1.807, 2.05) is 0 Å². The second-order valence-electron chi connectivity index (χ2n) is 6.25. The topological polar surface area (TPSA) is 76.4 Å². The van der Waals surface area contributed by atoms with E-state index >= 15 is 0 Å². The highest BCUT2D eigenvalue weighted by atomic mass is 35.5. The Hall–Kier alpha value is -0.920. The van der Waals surface area contributed by atoms with Crippen LogP contribution in [0.5, 0.6) is 0 Å². The summed E-state index contributed by atoms with van der Waals surface area (Å²) in [7, 11) is 0. The van der Waals surface area contributed by atoms with Gasteiger partial charge in [-0.25, -0.2) is 0 Å². The summed E-state index contributed by atoms with van der Waals surface area (Å²) in [6, 6.07) is 5.38. The van der Waals surface area contributed by atoms with E-state index in [1.165, 1.54) is 18.9 Å². The minimum atomic E-state index is -0.387. The Labute approximate surface area is 152 Å². The normalized spacial score (nSPS) is 26.8. The molecule has 8 heteroatoms. The molecular weight excluding hydrogens is 353 g/mol. The monoisotopic (exact) mass is 375 g/mol. The average molecular weight is 376 g/mol. The predicted octanol–water partition coefficient (Wildman–Crippen LogP) is 2.92. The van der Waals surface area contributed by atoms with Crippen LogP contribution < -0.4 is 10.6 Å². The molecule has 1 aliphatic carbocycles. The van der Waals surface area contributed by atoms with E-state index in [4.69, 9.17) is 16.3 Å². The highest BCUT2D eigenvalue weighted by molar-refractivity contribution is 6.31. The smallest absolute Gasteiger partial charge is 0.269 e. The Morgan fingerprint density at radius 2 is 2.25 bits per heavy atom. The molecule has 1 aliphatic heterocycles. The molecule has 1 aromatic rings. The third-order valence-corrected chi connectivity index (χ3v) is 5.20. The molecule has 0 bridgehead atoms. The molecule has 134 valence electrons. The van der Waals surface area contributed by atoms with Gasteiger partial charge in [-0.05, 0) is 30.4 Å². The number of non-ortho nitro benzene ring substituents is 1. The molecule has 0 radical (unpaired) electrons. The average Bonchev–Trinajstić information content (AvgIpc) is 3.03. The molecule has 2 aliphatic rings. The summed E-state index contributed by atoms with van der Waals surface area (Å²) in [5.74, 6) is 0.535. The molecule has 3 atom stereocenters. The standard InChI is InChI=1S/C16H22ClN3O3.ClH/c17-14-5-4-12(20(21)22)8-11(14)9-19-15-3-1-2-13(15)16-10-23-7-6-18-16;/h4-5,8,13,15-16,18-19H,1-3,6-7,9-10H2;1H. The van der Waals surface area contributed by atoms with Gasteiger partial charge in [0.1, 0.15) is 0 Å². The van der Waals surface area contributed by atoms with Gasteiger partial charge < -0.3 is 15.4 Å². The second-order valence-corrected chi connectivity index (χ2v) is 6.66. The molecule has 2 fully saturated rings. The highest BCUT2D eigenvalue weighted by Gasteiger charge is 2.34. The van der Waals surface area contributed by atoms with Crippen LogP contribution in [0, 0.1) is 16.0 Å². The van der Waals surface area contributed by atoms with Crippen LogP contribution in [0.15, 0.2) is 18.2 Å². The maximum absolute atomic E-state index is 10.9. The quantitative estimate of drug-likeness (QED) is 0.611. The van der Waals surface area contributed by atoms with Crippen molar-refractivity contribution in [3.05, 3.63) is 38.9 Å². The number of hydrogen-bond acceptors (Lipinski definition) is 5. The molecule has 24 heavy (non-hydrogen) atoms. The van der Waals surface area contributed by atoms with E-state index in [1.54, 1.807) is 12.1 Å². The fourth-order valence-electron chi connectivity index (χ4n) is 3.64. The zero-order valence-corrected chi connectivity index (χ0v) is 14.9. The summed E-state index contributed by atoms with van der Waals surface area (Å²) in [6.45, 7) is 3.00. The summed E-state index contributed by atoms with van der Waals surface area (Å²) >= 11 is 6.18. The number of ether oxygens (including phenoxy) is 1. The molecule has 0 spiro atoms. The van der Waals surface area contributed by atoms with Crippen molar-refractivity contribution in [3.8, 4) is 0 Å². The van der Waals surface area contributed by atoms with Gasteiger partial charge in [0.25, 0.3) is 5.69 Å². The van der Waals surface area contributed by atoms with Gasteiger partial charge in [-0.1, -0.05) is 18.0 Å². The molecule has 0 aromatic heterocycles. The van der Waals surface area contributed by atoms with Crippen molar-refractivity contribution in [2.24, 2.45) is 5.92 Å². The molecule has 3 unspecified atom stereocenters. The van der Waals surface area contributed by atoms with Crippen molar-refractivity contribution in [3.63, 3.8) is 0 Å². The Morgan fingerprint density at radius 1 is 1.42 bits per heavy atom. The van der Waals surface area contributed by atoms with Crippen LogP contribution >= 0.6 is 24.0 Å². The molecular formula is C16H23Cl2N3O3. The summed E-state index contributed by atoms with van der Waals surface area (Å²) in [4.78, 5) is 10.5. The number of benzene rings is 1. The number of nitrogens with zero attached hydrogens (tertiary/aromatic N) is 1. The van der Waals surface area contributed by atoms with E-state index < -0.39 is 0 Å². The predicted molar refractivity (Wildman–Crippen MR) is 95.9 cm³/mol. The lowest BCUT2D eigenvalue weighted by Gasteiger charge is -2.33. The van der Waals surface area contributed by atoms with Gasteiger partial charge in [0.05, 0.1) is 18.1 Å². The fourth-order valence-corrected chi connectivity index (χ4v) is 3.82. The first kappa shape index (κ1) is 19.4. The van der Waals surface area contributed by atoms with E-state index in [9.17, 15) is 10.1 Å². The lowest BCUT2D eigenvalue weighted by Crippen LogP contribution is -2.50. The number of halogens is 2. The van der Waals surface area contributed by atoms with Crippen LogP contribution in [-0.4, -0.2) is 36.8 Å². The largest absolute Gasteiger partial charge is 0.379 e. The summed E-state index contributed by atoms with van der Waals surface area (Å²) in [6.07, 6.45) is 3.50. The maximum atomic E-state index is 10.9. The molecule has 0 amide bonds. The van der Waals surface area contributed by atoms with Gasteiger partial charge >= 0.3 is 0 Å². The van der Waals surface area contributed by atoms with Gasteiger partial charge in [0.2, 0.25) is 0 Å². The number of rotatable bonds is 5. The maximum Gasteiger partial charge on any atom is 0.269 e. The van der Waals surface area contributed by atoms with Gasteiger partial charge in [0.15, 0.2) is 0 Å². The van der Waals surface area contributed by atoms with Crippen molar-refractivity contribution in [2.75, 3.05) is 19.8 Å². The Morgan fingerprint density at radius 3 is 2.96 bits per heavy atom.